The van der Waals surface area contributed by atoms with E-state index in [0.717, 1.165) is 25.9 Å². The summed E-state index contributed by atoms with van der Waals surface area (Å²) in [6, 6.07) is 0. The number of hydrogen-bond acceptors (Lipinski definition) is 6. The maximum Gasteiger partial charge on any atom is 0.341 e. The van der Waals surface area contributed by atoms with Crippen molar-refractivity contribution in [2.24, 2.45) is 13.0 Å². The molecule has 1 atom stereocenters. The number of ether oxygens (including phenoxy) is 1. The standard InChI is InChI=1S/C17H23N5O2/c1-4-24-16(23)15-9-18-17(20-12(15)2)22-6-5-13(11-22)7-14-8-19-21(3)10-14/h8-10,13H,4-7,11H2,1-3H3/t13-/m0/s1. The van der Waals surface area contributed by atoms with Crippen molar-refractivity contribution in [3.63, 3.8) is 0 Å². The molecule has 1 saturated heterocycles. The Kier molecular flexibility index (Phi) is 4.78. The smallest absolute Gasteiger partial charge is 0.341 e. The van der Waals surface area contributed by atoms with Crippen molar-refractivity contribution in [3.8, 4) is 0 Å². The van der Waals surface area contributed by atoms with Crippen LogP contribution in [-0.2, 0) is 18.2 Å². The summed E-state index contributed by atoms with van der Waals surface area (Å²) in [5.74, 6) is 0.898. The van der Waals surface area contributed by atoms with Crippen molar-refractivity contribution < 1.29 is 9.53 Å². The van der Waals surface area contributed by atoms with Gasteiger partial charge in [-0.3, -0.25) is 4.68 Å². The van der Waals surface area contributed by atoms with Crippen molar-refractivity contribution >= 4 is 11.9 Å². The Morgan fingerprint density at radius 1 is 1.42 bits per heavy atom. The number of anilines is 1. The van der Waals surface area contributed by atoms with Crippen LogP contribution in [0.5, 0.6) is 0 Å². The molecule has 3 heterocycles. The average molecular weight is 329 g/mol. The van der Waals surface area contributed by atoms with E-state index in [1.54, 1.807) is 13.1 Å². The van der Waals surface area contributed by atoms with Gasteiger partial charge in [0.25, 0.3) is 0 Å². The van der Waals surface area contributed by atoms with Crippen LogP contribution in [0.15, 0.2) is 18.6 Å². The van der Waals surface area contributed by atoms with Gasteiger partial charge in [0, 0.05) is 32.5 Å². The largest absolute Gasteiger partial charge is 0.462 e. The van der Waals surface area contributed by atoms with E-state index in [0.29, 0.717) is 29.7 Å². The molecule has 0 aromatic carbocycles. The molecule has 3 rings (SSSR count). The highest BCUT2D eigenvalue weighted by Crippen LogP contribution is 2.24. The highest BCUT2D eigenvalue weighted by atomic mass is 16.5. The summed E-state index contributed by atoms with van der Waals surface area (Å²) >= 11 is 0. The Bertz CT molecular complexity index is 728. The maximum absolute atomic E-state index is 11.8. The molecule has 0 radical (unpaired) electrons. The number of carbonyl (C=O) groups excluding carboxylic acids is 1. The molecule has 7 heteroatoms. The summed E-state index contributed by atoms with van der Waals surface area (Å²) in [5.41, 5.74) is 2.36. The average Bonchev–Trinajstić information content (AvgIpc) is 3.17. The van der Waals surface area contributed by atoms with Crippen LogP contribution in [0.4, 0.5) is 5.95 Å². The van der Waals surface area contributed by atoms with Crippen molar-refractivity contribution in [3.05, 3.63) is 35.4 Å². The van der Waals surface area contributed by atoms with E-state index in [4.69, 9.17) is 4.74 Å². The number of hydrogen-bond donors (Lipinski definition) is 0. The molecule has 0 amide bonds. The molecule has 1 aliphatic rings. The Morgan fingerprint density at radius 2 is 2.25 bits per heavy atom. The molecule has 0 spiro atoms. The predicted molar refractivity (Wildman–Crippen MR) is 90.0 cm³/mol. The van der Waals surface area contributed by atoms with Gasteiger partial charge in [-0.05, 0) is 38.2 Å². The molecule has 0 aliphatic carbocycles. The first-order chi connectivity index (χ1) is 11.6. The second-order valence-electron chi connectivity index (χ2n) is 6.22. The molecular weight excluding hydrogens is 306 g/mol. The Balaban J connectivity index is 1.65. The molecule has 0 saturated carbocycles. The van der Waals surface area contributed by atoms with E-state index in [1.165, 1.54) is 5.56 Å². The van der Waals surface area contributed by atoms with E-state index < -0.39 is 0 Å². The first kappa shape index (κ1) is 16.4. The van der Waals surface area contributed by atoms with E-state index in [2.05, 4.69) is 26.2 Å². The van der Waals surface area contributed by atoms with Gasteiger partial charge >= 0.3 is 5.97 Å². The third kappa shape index (κ3) is 3.55. The van der Waals surface area contributed by atoms with E-state index >= 15 is 0 Å². The highest BCUT2D eigenvalue weighted by Gasteiger charge is 2.25. The van der Waals surface area contributed by atoms with Crippen molar-refractivity contribution in [2.75, 3.05) is 24.6 Å². The monoisotopic (exact) mass is 329 g/mol. The molecule has 0 N–H and O–H groups in total. The Hall–Kier alpha value is -2.44. The summed E-state index contributed by atoms with van der Waals surface area (Å²) < 4.78 is 6.86. The van der Waals surface area contributed by atoms with Crippen LogP contribution in [0.3, 0.4) is 0 Å². The van der Waals surface area contributed by atoms with Crippen LogP contribution >= 0.6 is 0 Å². The first-order valence-electron chi connectivity index (χ1n) is 8.30. The van der Waals surface area contributed by atoms with Gasteiger partial charge in [0.15, 0.2) is 0 Å². The summed E-state index contributed by atoms with van der Waals surface area (Å²) in [6.07, 6.45) is 7.69. The van der Waals surface area contributed by atoms with Crippen LogP contribution < -0.4 is 4.90 Å². The van der Waals surface area contributed by atoms with Crippen molar-refractivity contribution in [1.29, 1.82) is 0 Å². The van der Waals surface area contributed by atoms with Gasteiger partial charge in [0.05, 0.1) is 24.1 Å². The molecule has 128 valence electrons. The molecule has 1 fully saturated rings. The van der Waals surface area contributed by atoms with Crippen LogP contribution in [0.25, 0.3) is 0 Å². The lowest BCUT2D eigenvalue weighted by molar-refractivity contribution is 0.0524. The van der Waals surface area contributed by atoms with Crippen LogP contribution in [0.2, 0.25) is 0 Å². The van der Waals surface area contributed by atoms with Crippen molar-refractivity contribution in [1.82, 2.24) is 19.7 Å². The topological polar surface area (TPSA) is 73.1 Å². The molecule has 0 unspecified atom stereocenters. The second kappa shape index (κ2) is 6.98. The van der Waals surface area contributed by atoms with Crippen LogP contribution in [0, 0.1) is 12.8 Å². The van der Waals surface area contributed by atoms with Crippen molar-refractivity contribution in [2.45, 2.75) is 26.7 Å². The van der Waals surface area contributed by atoms with Gasteiger partial charge in [-0.15, -0.1) is 0 Å². The van der Waals surface area contributed by atoms with E-state index in [1.807, 2.05) is 24.9 Å². The minimum atomic E-state index is -0.363. The summed E-state index contributed by atoms with van der Waals surface area (Å²) in [7, 11) is 1.94. The van der Waals surface area contributed by atoms with Gasteiger partial charge in [-0.2, -0.15) is 5.10 Å². The molecule has 24 heavy (non-hydrogen) atoms. The van der Waals surface area contributed by atoms with Gasteiger partial charge < -0.3 is 9.64 Å². The van der Waals surface area contributed by atoms with Gasteiger partial charge in [0.2, 0.25) is 5.95 Å². The number of carbonyl (C=O) groups is 1. The first-order valence-corrected chi connectivity index (χ1v) is 8.30. The highest BCUT2D eigenvalue weighted by molar-refractivity contribution is 5.90. The number of esters is 1. The fraction of sp³-hybridized carbons (Fsp3) is 0.529. The molecule has 2 aromatic rings. The maximum atomic E-state index is 11.8. The zero-order chi connectivity index (χ0) is 17.1. The molecule has 2 aromatic heterocycles. The minimum absolute atomic E-state index is 0.349. The van der Waals surface area contributed by atoms with Gasteiger partial charge in [0.1, 0.15) is 0 Å². The number of rotatable bonds is 5. The predicted octanol–water partition coefficient (Wildman–Crippen LogP) is 1.76. The SMILES string of the molecule is CCOC(=O)c1cnc(N2CC[C@@H](Cc3cnn(C)c3)C2)nc1C. The third-order valence-electron chi connectivity index (χ3n) is 4.31. The van der Waals surface area contributed by atoms with E-state index in [-0.39, 0.29) is 5.97 Å². The number of aryl methyl sites for hydroxylation is 2. The quantitative estimate of drug-likeness (QED) is 0.778. The molecule has 0 bridgehead atoms. The fourth-order valence-corrected chi connectivity index (χ4v) is 3.11. The number of aromatic nitrogens is 4. The Morgan fingerprint density at radius 3 is 2.92 bits per heavy atom. The molecule has 1 aliphatic heterocycles. The van der Waals surface area contributed by atoms with Gasteiger partial charge in [-0.1, -0.05) is 0 Å². The lowest BCUT2D eigenvalue weighted by atomic mass is 10.0. The zero-order valence-electron chi connectivity index (χ0n) is 14.4. The Labute approximate surface area is 141 Å². The summed E-state index contributed by atoms with van der Waals surface area (Å²) in [6.45, 7) is 5.81. The number of nitrogens with zero attached hydrogens (tertiary/aromatic N) is 5. The summed E-state index contributed by atoms with van der Waals surface area (Å²) in [4.78, 5) is 22.9. The van der Waals surface area contributed by atoms with Crippen LogP contribution in [-0.4, -0.2) is 45.4 Å². The molecule has 7 nitrogen and oxygen atoms in total. The lowest BCUT2D eigenvalue weighted by Crippen LogP contribution is -2.23. The zero-order valence-corrected chi connectivity index (χ0v) is 14.4. The second-order valence-corrected chi connectivity index (χ2v) is 6.22. The lowest BCUT2D eigenvalue weighted by Gasteiger charge is -2.17. The minimum Gasteiger partial charge on any atom is -0.462 e. The fourth-order valence-electron chi connectivity index (χ4n) is 3.11. The van der Waals surface area contributed by atoms with E-state index in [9.17, 15) is 4.79 Å². The normalized spacial score (nSPS) is 17.3. The third-order valence-corrected chi connectivity index (χ3v) is 4.31. The molecular formula is C17H23N5O2. The summed E-state index contributed by atoms with van der Waals surface area (Å²) in [5, 5.41) is 4.22. The van der Waals surface area contributed by atoms with Crippen LogP contribution in [0.1, 0.15) is 35.0 Å². The van der Waals surface area contributed by atoms with Gasteiger partial charge in [-0.25, -0.2) is 14.8 Å².